The minimum Gasteiger partial charge on any atom is -0.349 e. The Labute approximate surface area is 166 Å². The van der Waals surface area contributed by atoms with E-state index in [1.54, 1.807) is 11.9 Å². The van der Waals surface area contributed by atoms with Crippen LogP contribution in [0.2, 0.25) is 0 Å². The highest BCUT2D eigenvalue weighted by Gasteiger charge is 2.28. The highest BCUT2D eigenvalue weighted by molar-refractivity contribution is 5.97. The first-order valence-corrected chi connectivity index (χ1v) is 10.3. The molecule has 1 aromatic heterocycles. The van der Waals surface area contributed by atoms with Crippen LogP contribution < -0.4 is 5.32 Å². The summed E-state index contributed by atoms with van der Waals surface area (Å²) in [4.78, 5) is 31.9. The zero-order valence-electron chi connectivity index (χ0n) is 16.9. The van der Waals surface area contributed by atoms with Crippen molar-refractivity contribution in [2.24, 2.45) is 0 Å². The smallest absolute Gasteiger partial charge is 0.287 e. The maximum atomic E-state index is 13.1. The Morgan fingerprint density at radius 3 is 2.71 bits per heavy atom. The Balaban J connectivity index is 1.78. The van der Waals surface area contributed by atoms with Gasteiger partial charge in [0.05, 0.1) is 5.69 Å². The van der Waals surface area contributed by atoms with Crippen LogP contribution in [0.15, 0.2) is 30.3 Å². The minimum atomic E-state index is -0.177. The normalized spacial score (nSPS) is 13.1. The highest BCUT2D eigenvalue weighted by Crippen LogP contribution is 2.22. The number of fused-ring (bicyclic) bond motifs is 1. The first kappa shape index (κ1) is 20.1. The Hall–Kier alpha value is -2.63. The topological polar surface area (TPSA) is 67.2 Å². The quantitative estimate of drug-likeness (QED) is 0.712. The molecule has 1 N–H and O–H groups in total. The second kappa shape index (κ2) is 9.53. The highest BCUT2D eigenvalue weighted by atomic mass is 16.2. The fourth-order valence-electron chi connectivity index (χ4n) is 3.65. The van der Waals surface area contributed by atoms with Gasteiger partial charge in [0.1, 0.15) is 5.69 Å². The molecule has 6 nitrogen and oxygen atoms in total. The average Bonchev–Trinajstić information content (AvgIpc) is 3.11. The maximum Gasteiger partial charge on any atom is 0.287 e. The fraction of sp³-hybridized carbons (Fsp3) is 0.500. The molecule has 0 unspecified atom stereocenters. The third-order valence-corrected chi connectivity index (χ3v) is 5.20. The van der Waals surface area contributed by atoms with Gasteiger partial charge in [0.15, 0.2) is 5.82 Å². The lowest BCUT2D eigenvalue weighted by Crippen LogP contribution is -2.28. The Bertz CT molecular complexity index is 813. The van der Waals surface area contributed by atoms with Gasteiger partial charge in [0.2, 0.25) is 0 Å². The molecular weight excluding hydrogens is 352 g/mol. The van der Waals surface area contributed by atoms with E-state index >= 15 is 0 Å². The molecule has 0 aliphatic carbocycles. The Kier molecular flexibility index (Phi) is 6.85. The number of carbonyl (C=O) groups is 2. The van der Waals surface area contributed by atoms with Crippen molar-refractivity contribution in [1.82, 2.24) is 19.8 Å². The van der Waals surface area contributed by atoms with Gasteiger partial charge in [0.25, 0.3) is 11.8 Å². The van der Waals surface area contributed by atoms with Gasteiger partial charge in [-0.25, -0.2) is 4.98 Å². The van der Waals surface area contributed by atoms with E-state index in [1.807, 2.05) is 34.9 Å². The maximum absolute atomic E-state index is 13.1. The summed E-state index contributed by atoms with van der Waals surface area (Å²) in [5, 5.41) is 2.96. The van der Waals surface area contributed by atoms with Crippen molar-refractivity contribution in [3.05, 3.63) is 53.1 Å². The molecule has 0 saturated carbocycles. The van der Waals surface area contributed by atoms with Crippen LogP contribution in [-0.4, -0.2) is 39.9 Å². The Morgan fingerprint density at radius 1 is 1.18 bits per heavy atom. The molecule has 28 heavy (non-hydrogen) atoms. The molecule has 150 valence electrons. The van der Waals surface area contributed by atoms with Crippen LogP contribution in [0.3, 0.4) is 0 Å². The lowest BCUT2D eigenvalue weighted by atomic mass is 10.1. The van der Waals surface area contributed by atoms with Gasteiger partial charge in [-0.2, -0.15) is 0 Å². The number of rotatable bonds is 8. The third-order valence-electron chi connectivity index (χ3n) is 5.20. The summed E-state index contributed by atoms with van der Waals surface area (Å²) in [6, 6.07) is 9.89. The Morgan fingerprint density at radius 2 is 1.96 bits per heavy atom. The number of nitrogens with zero attached hydrogens (tertiary/aromatic N) is 3. The van der Waals surface area contributed by atoms with Gasteiger partial charge >= 0.3 is 0 Å². The summed E-state index contributed by atoms with van der Waals surface area (Å²) in [6.45, 7) is 4.04. The molecule has 2 amide bonds. The molecule has 2 aromatic rings. The average molecular weight is 383 g/mol. The first-order valence-electron chi connectivity index (χ1n) is 10.3. The summed E-state index contributed by atoms with van der Waals surface area (Å²) in [5.74, 6) is 0.0752. The van der Waals surface area contributed by atoms with E-state index in [2.05, 4.69) is 17.2 Å². The van der Waals surface area contributed by atoms with Crippen molar-refractivity contribution < 1.29 is 9.59 Å². The van der Waals surface area contributed by atoms with Crippen molar-refractivity contribution in [1.29, 1.82) is 0 Å². The minimum absolute atomic E-state index is 0.125. The number of aromatic nitrogens is 2. The summed E-state index contributed by atoms with van der Waals surface area (Å²) >= 11 is 0. The third kappa shape index (κ3) is 4.61. The molecule has 1 aromatic carbocycles. The standard InChI is InChI=1S/C22H30N4O2/c1-3-4-9-14-23-21(27)20-24-19(18-13-8-10-15-26(18)20)22(28)25(2)16-17-11-6-5-7-12-17/h5-7,11-12H,3-4,8-10,13-16H2,1-2H3,(H,23,27). The number of benzene rings is 1. The van der Waals surface area contributed by atoms with Gasteiger partial charge < -0.3 is 14.8 Å². The number of hydrogen-bond donors (Lipinski definition) is 1. The van der Waals surface area contributed by atoms with Gasteiger partial charge in [-0.15, -0.1) is 0 Å². The van der Waals surface area contributed by atoms with Crippen molar-refractivity contribution >= 4 is 11.8 Å². The van der Waals surface area contributed by atoms with Crippen LogP contribution in [0, 0.1) is 0 Å². The van der Waals surface area contributed by atoms with Crippen LogP contribution in [0.4, 0.5) is 0 Å². The molecule has 0 saturated heterocycles. The predicted octanol–water partition coefficient (Wildman–Crippen LogP) is 3.41. The van der Waals surface area contributed by atoms with E-state index < -0.39 is 0 Å². The van der Waals surface area contributed by atoms with Crippen LogP contribution >= 0.6 is 0 Å². The molecule has 2 heterocycles. The van der Waals surface area contributed by atoms with E-state index in [0.717, 1.165) is 56.3 Å². The molecule has 3 rings (SSSR count). The number of nitrogens with one attached hydrogen (secondary N) is 1. The van der Waals surface area contributed by atoms with E-state index in [-0.39, 0.29) is 11.8 Å². The molecule has 1 aliphatic heterocycles. The number of amides is 2. The molecule has 0 atom stereocenters. The summed E-state index contributed by atoms with van der Waals surface area (Å²) < 4.78 is 1.95. The van der Waals surface area contributed by atoms with Crippen molar-refractivity contribution in [3.8, 4) is 0 Å². The van der Waals surface area contributed by atoms with Gasteiger partial charge in [-0.1, -0.05) is 50.1 Å². The van der Waals surface area contributed by atoms with Gasteiger partial charge in [-0.3, -0.25) is 9.59 Å². The van der Waals surface area contributed by atoms with Crippen LogP contribution in [0.25, 0.3) is 0 Å². The van der Waals surface area contributed by atoms with E-state index in [1.165, 1.54) is 0 Å². The van der Waals surface area contributed by atoms with Crippen LogP contribution in [0.5, 0.6) is 0 Å². The van der Waals surface area contributed by atoms with E-state index in [9.17, 15) is 9.59 Å². The van der Waals surface area contributed by atoms with Crippen molar-refractivity contribution in [3.63, 3.8) is 0 Å². The SMILES string of the molecule is CCCCCNC(=O)c1nc(C(=O)N(C)Cc2ccccc2)c2n1CCCC2. The molecule has 0 fully saturated rings. The number of carbonyl (C=O) groups excluding carboxylic acids is 2. The molecule has 6 heteroatoms. The second-order valence-corrected chi connectivity index (χ2v) is 7.45. The largest absolute Gasteiger partial charge is 0.349 e. The zero-order valence-corrected chi connectivity index (χ0v) is 16.9. The lowest BCUT2D eigenvalue weighted by molar-refractivity contribution is 0.0778. The van der Waals surface area contributed by atoms with E-state index in [0.29, 0.717) is 24.6 Å². The molecule has 0 bridgehead atoms. The summed E-state index contributed by atoms with van der Waals surface area (Å²) in [6.07, 6.45) is 5.98. The molecule has 1 aliphatic rings. The monoisotopic (exact) mass is 382 g/mol. The summed E-state index contributed by atoms with van der Waals surface area (Å²) in [7, 11) is 1.79. The number of imidazole rings is 1. The van der Waals surface area contributed by atoms with E-state index in [4.69, 9.17) is 0 Å². The lowest BCUT2D eigenvalue weighted by Gasteiger charge is -2.19. The van der Waals surface area contributed by atoms with Crippen LogP contribution in [0.1, 0.15) is 71.4 Å². The summed E-state index contributed by atoms with van der Waals surface area (Å²) in [5.41, 5.74) is 2.40. The number of hydrogen-bond acceptors (Lipinski definition) is 3. The molecular formula is C22H30N4O2. The first-order chi connectivity index (χ1) is 13.6. The van der Waals surface area contributed by atoms with Gasteiger partial charge in [-0.05, 0) is 31.2 Å². The molecule has 0 spiro atoms. The van der Waals surface area contributed by atoms with Crippen molar-refractivity contribution in [2.45, 2.75) is 58.5 Å². The second-order valence-electron chi connectivity index (χ2n) is 7.45. The van der Waals surface area contributed by atoms with Crippen molar-refractivity contribution in [2.75, 3.05) is 13.6 Å². The predicted molar refractivity (Wildman–Crippen MR) is 109 cm³/mol. The van der Waals surface area contributed by atoms with Crippen LogP contribution in [-0.2, 0) is 19.5 Å². The zero-order chi connectivity index (χ0) is 19.9. The fourth-order valence-corrected chi connectivity index (χ4v) is 3.65. The number of unbranched alkanes of at least 4 members (excludes halogenated alkanes) is 2. The van der Waals surface area contributed by atoms with Gasteiger partial charge in [0, 0.05) is 26.7 Å². The molecule has 0 radical (unpaired) electrons.